The molecule has 0 aliphatic carbocycles. The van der Waals surface area contributed by atoms with Gasteiger partial charge in [-0.3, -0.25) is 4.79 Å². The number of esters is 2. The van der Waals surface area contributed by atoms with Crippen LogP contribution in [-0.4, -0.2) is 19.0 Å². The second-order valence-electron chi connectivity index (χ2n) is 5.34. The lowest BCUT2D eigenvalue weighted by molar-refractivity contribution is -0.154. The van der Waals surface area contributed by atoms with Gasteiger partial charge < -0.3 is 13.9 Å². The van der Waals surface area contributed by atoms with Crippen LogP contribution in [0, 0.1) is 12.3 Å². The van der Waals surface area contributed by atoms with E-state index in [-0.39, 0.29) is 23.5 Å². The van der Waals surface area contributed by atoms with Crippen LogP contribution in [0.2, 0.25) is 0 Å². The van der Waals surface area contributed by atoms with Crippen LogP contribution in [0.3, 0.4) is 0 Å². The summed E-state index contributed by atoms with van der Waals surface area (Å²) in [5, 5.41) is 0. The number of rotatable bonds is 3. The fourth-order valence-electron chi connectivity index (χ4n) is 1.52. The Morgan fingerprint density at radius 2 is 1.90 bits per heavy atom. The maximum atomic E-state index is 11.7. The zero-order valence-electron chi connectivity index (χ0n) is 12.2. The first kappa shape index (κ1) is 15.9. The first-order valence-electron chi connectivity index (χ1n) is 6.06. The summed E-state index contributed by atoms with van der Waals surface area (Å²) in [6.45, 7) is 6.42. The van der Waals surface area contributed by atoms with E-state index in [0.29, 0.717) is 0 Å². The van der Waals surface area contributed by atoms with Gasteiger partial charge >= 0.3 is 17.6 Å². The molecule has 0 radical (unpaired) electrons. The minimum atomic E-state index is -0.667. The molecule has 0 spiro atoms. The Morgan fingerprint density at radius 3 is 2.40 bits per heavy atom. The molecule has 0 amide bonds. The number of ether oxygens (including phenoxy) is 2. The third-order valence-electron chi connectivity index (χ3n) is 2.58. The van der Waals surface area contributed by atoms with Gasteiger partial charge in [0.15, 0.2) is 0 Å². The highest BCUT2D eigenvalue weighted by molar-refractivity contribution is 5.91. The Labute approximate surface area is 116 Å². The number of hydrogen-bond donors (Lipinski definition) is 0. The van der Waals surface area contributed by atoms with Gasteiger partial charge in [0.2, 0.25) is 0 Å². The summed E-state index contributed by atoms with van der Waals surface area (Å²) in [6, 6.07) is 1.12. The Balaban J connectivity index is 3.09. The lowest BCUT2D eigenvalue weighted by Crippen LogP contribution is -2.23. The minimum absolute atomic E-state index is 0.105. The Kier molecular flexibility index (Phi) is 4.70. The summed E-state index contributed by atoms with van der Waals surface area (Å²) in [7, 11) is 1.22. The largest absolute Gasteiger partial charge is 0.465 e. The molecule has 20 heavy (non-hydrogen) atoms. The Bertz CT molecular complexity index is 576. The number of methoxy groups -OCH3 is 1. The van der Waals surface area contributed by atoms with Crippen molar-refractivity contribution in [2.24, 2.45) is 5.41 Å². The molecule has 0 unspecified atom stereocenters. The van der Waals surface area contributed by atoms with E-state index in [4.69, 9.17) is 9.15 Å². The number of aryl methyl sites for hydroxylation is 1. The molecule has 6 nitrogen and oxygen atoms in total. The van der Waals surface area contributed by atoms with E-state index in [2.05, 4.69) is 4.74 Å². The first-order chi connectivity index (χ1) is 9.16. The van der Waals surface area contributed by atoms with Crippen molar-refractivity contribution >= 4 is 11.9 Å². The standard InChI is InChI=1S/C14H18O6/c1-8-11(12(16)18-5)9(6-10(15)20-8)7-19-13(17)14(2,3)4/h6H,7H2,1-5H3. The van der Waals surface area contributed by atoms with E-state index in [1.165, 1.54) is 14.0 Å². The molecule has 0 atom stereocenters. The summed E-state index contributed by atoms with van der Waals surface area (Å²) >= 11 is 0. The predicted molar refractivity (Wildman–Crippen MR) is 70.3 cm³/mol. The Morgan fingerprint density at radius 1 is 1.30 bits per heavy atom. The van der Waals surface area contributed by atoms with Crippen LogP contribution in [-0.2, 0) is 20.9 Å². The maximum Gasteiger partial charge on any atom is 0.341 e. The van der Waals surface area contributed by atoms with Crippen molar-refractivity contribution in [3.05, 3.63) is 33.4 Å². The van der Waals surface area contributed by atoms with Crippen LogP contribution >= 0.6 is 0 Å². The predicted octanol–water partition coefficient (Wildman–Crippen LogP) is 1.82. The lowest BCUT2D eigenvalue weighted by atomic mass is 9.97. The molecule has 0 aliphatic heterocycles. The molecule has 0 aromatic carbocycles. The summed E-state index contributed by atoms with van der Waals surface area (Å²) in [6.07, 6.45) is 0. The molecule has 0 N–H and O–H groups in total. The van der Waals surface area contributed by atoms with Crippen molar-refractivity contribution in [2.75, 3.05) is 7.11 Å². The van der Waals surface area contributed by atoms with Crippen molar-refractivity contribution in [1.29, 1.82) is 0 Å². The zero-order valence-corrected chi connectivity index (χ0v) is 12.2. The fourth-order valence-corrected chi connectivity index (χ4v) is 1.52. The number of carbonyl (C=O) groups is 2. The average Bonchev–Trinajstić information content (AvgIpc) is 2.33. The molecule has 0 bridgehead atoms. The van der Waals surface area contributed by atoms with Crippen LogP contribution in [0.25, 0.3) is 0 Å². The monoisotopic (exact) mass is 282 g/mol. The van der Waals surface area contributed by atoms with Crippen LogP contribution in [0.1, 0.15) is 42.5 Å². The quantitative estimate of drug-likeness (QED) is 0.786. The number of carbonyl (C=O) groups excluding carboxylic acids is 2. The highest BCUT2D eigenvalue weighted by Gasteiger charge is 2.25. The molecule has 1 rings (SSSR count). The molecule has 0 saturated carbocycles. The van der Waals surface area contributed by atoms with Gasteiger partial charge in [-0.1, -0.05) is 0 Å². The fraction of sp³-hybridized carbons (Fsp3) is 0.500. The summed E-state index contributed by atoms with van der Waals surface area (Å²) in [4.78, 5) is 34.8. The molecular formula is C14H18O6. The van der Waals surface area contributed by atoms with E-state index in [0.717, 1.165) is 6.07 Å². The van der Waals surface area contributed by atoms with E-state index in [9.17, 15) is 14.4 Å². The zero-order chi connectivity index (χ0) is 15.5. The smallest absolute Gasteiger partial charge is 0.341 e. The SMILES string of the molecule is COC(=O)c1c(COC(=O)C(C)(C)C)cc(=O)oc1C. The third-order valence-corrected chi connectivity index (χ3v) is 2.58. The maximum absolute atomic E-state index is 11.7. The summed E-state index contributed by atoms with van der Waals surface area (Å²) in [5.41, 5.74) is -0.908. The Hall–Kier alpha value is -2.11. The van der Waals surface area contributed by atoms with Gasteiger partial charge in [0.25, 0.3) is 0 Å². The molecule has 1 heterocycles. The van der Waals surface area contributed by atoms with Crippen LogP contribution in [0.5, 0.6) is 0 Å². The lowest BCUT2D eigenvalue weighted by Gasteiger charge is -2.17. The van der Waals surface area contributed by atoms with Crippen molar-refractivity contribution in [2.45, 2.75) is 34.3 Å². The highest BCUT2D eigenvalue weighted by Crippen LogP contribution is 2.19. The van der Waals surface area contributed by atoms with Gasteiger partial charge in [0.1, 0.15) is 17.9 Å². The van der Waals surface area contributed by atoms with Crippen molar-refractivity contribution < 1.29 is 23.5 Å². The van der Waals surface area contributed by atoms with Crippen molar-refractivity contribution in [1.82, 2.24) is 0 Å². The average molecular weight is 282 g/mol. The molecule has 0 aliphatic rings. The molecule has 6 heteroatoms. The minimum Gasteiger partial charge on any atom is -0.465 e. The van der Waals surface area contributed by atoms with E-state index in [1.807, 2.05) is 0 Å². The van der Waals surface area contributed by atoms with Gasteiger partial charge in [0, 0.05) is 11.6 Å². The molecule has 1 aromatic heterocycles. The van der Waals surface area contributed by atoms with Crippen LogP contribution in [0.15, 0.2) is 15.3 Å². The van der Waals surface area contributed by atoms with E-state index >= 15 is 0 Å². The molecule has 0 saturated heterocycles. The highest BCUT2D eigenvalue weighted by atomic mass is 16.5. The second-order valence-corrected chi connectivity index (χ2v) is 5.34. The number of hydrogen-bond acceptors (Lipinski definition) is 6. The normalized spacial score (nSPS) is 11.1. The topological polar surface area (TPSA) is 82.8 Å². The van der Waals surface area contributed by atoms with Gasteiger partial charge in [-0.25, -0.2) is 9.59 Å². The summed E-state index contributed by atoms with van der Waals surface area (Å²) in [5.74, 6) is -0.946. The van der Waals surface area contributed by atoms with Gasteiger partial charge in [-0.15, -0.1) is 0 Å². The van der Waals surface area contributed by atoms with Gasteiger partial charge in [-0.05, 0) is 27.7 Å². The first-order valence-corrected chi connectivity index (χ1v) is 6.06. The van der Waals surface area contributed by atoms with Crippen LogP contribution < -0.4 is 5.63 Å². The van der Waals surface area contributed by atoms with Crippen LogP contribution in [0.4, 0.5) is 0 Å². The molecule has 110 valence electrons. The molecule has 0 fully saturated rings. The van der Waals surface area contributed by atoms with Gasteiger partial charge in [0.05, 0.1) is 12.5 Å². The summed E-state index contributed by atoms with van der Waals surface area (Å²) < 4.78 is 14.6. The molecular weight excluding hydrogens is 264 g/mol. The third kappa shape index (κ3) is 3.69. The van der Waals surface area contributed by atoms with Crippen molar-refractivity contribution in [3.63, 3.8) is 0 Å². The van der Waals surface area contributed by atoms with E-state index < -0.39 is 23.0 Å². The molecule has 1 aromatic rings. The van der Waals surface area contributed by atoms with Crippen molar-refractivity contribution in [3.8, 4) is 0 Å². The van der Waals surface area contributed by atoms with Gasteiger partial charge in [-0.2, -0.15) is 0 Å². The van der Waals surface area contributed by atoms with E-state index in [1.54, 1.807) is 20.8 Å². The second kappa shape index (κ2) is 5.90.